The van der Waals surface area contributed by atoms with Gasteiger partial charge in [-0.2, -0.15) is 0 Å². The minimum atomic E-state index is -0.143. The number of aryl methyl sites for hydroxylation is 1. The average molecular weight is 343 g/mol. The maximum atomic E-state index is 12.7. The van der Waals surface area contributed by atoms with E-state index in [1.807, 2.05) is 61.5 Å². The van der Waals surface area contributed by atoms with Crippen LogP contribution in [0.3, 0.4) is 0 Å². The largest absolute Gasteiger partial charge is 0.507 e. The van der Waals surface area contributed by atoms with Crippen LogP contribution in [-0.2, 0) is 0 Å². The maximum absolute atomic E-state index is 12.7. The smallest absolute Gasteiger partial charge is 0.280 e. The molecule has 2 N–H and O–H groups in total. The highest BCUT2D eigenvalue weighted by molar-refractivity contribution is 5.91. The lowest BCUT2D eigenvalue weighted by Gasteiger charge is -2.01. The molecule has 0 unspecified atom stereocenters. The molecule has 0 saturated heterocycles. The molecule has 0 spiro atoms. The van der Waals surface area contributed by atoms with Crippen LogP contribution in [-0.4, -0.2) is 21.1 Å². The van der Waals surface area contributed by atoms with E-state index in [4.69, 9.17) is 0 Å². The Balaban J connectivity index is 1.72. The molecule has 1 heterocycles. The number of para-hydroxylation sites is 1. The first-order valence-electron chi connectivity index (χ1n) is 8.26. The van der Waals surface area contributed by atoms with E-state index in [0.717, 1.165) is 27.8 Å². The molecule has 128 valence electrons. The number of nitrogens with zero attached hydrogens (tertiary/aromatic N) is 2. The number of aromatic hydroxyl groups is 1. The molecule has 1 aromatic heterocycles. The molecule has 0 fully saturated rings. The third kappa shape index (κ3) is 2.80. The maximum Gasteiger partial charge on any atom is 0.280 e. The molecule has 0 bridgehead atoms. The Morgan fingerprint density at radius 3 is 2.65 bits per heavy atom. The number of benzene rings is 3. The second-order valence-electron chi connectivity index (χ2n) is 6.07. The number of rotatable bonds is 3. The van der Waals surface area contributed by atoms with Crippen LogP contribution in [0.15, 0.2) is 76.5 Å². The molecule has 0 atom stereocenters. The number of aromatic amines is 1. The van der Waals surface area contributed by atoms with E-state index in [1.165, 1.54) is 4.68 Å². The van der Waals surface area contributed by atoms with Gasteiger partial charge in [-0.15, -0.1) is 0 Å². The monoisotopic (exact) mass is 343 g/mol. The van der Waals surface area contributed by atoms with E-state index in [0.29, 0.717) is 5.56 Å². The van der Waals surface area contributed by atoms with E-state index >= 15 is 0 Å². The van der Waals surface area contributed by atoms with E-state index in [9.17, 15) is 9.90 Å². The van der Waals surface area contributed by atoms with Gasteiger partial charge in [0.15, 0.2) is 0 Å². The first kappa shape index (κ1) is 15.9. The van der Waals surface area contributed by atoms with Crippen LogP contribution in [0.2, 0.25) is 0 Å². The molecule has 4 rings (SSSR count). The number of nitrogens with one attached hydrogen (secondary N) is 1. The van der Waals surface area contributed by atoms with Crippen molar-refractivity contribution in [2.24, 2.45) is 4.99 Å². The predicted octanol–water partition coefficient (Wildman–Crippen LogP) is 4.08. The zero-order chi connectivity index (χ0) is 18.1. The van der Waals surface area contributed by atoms with E-state index < -0.39 is 0 Å². The Morgan fingerprint density at radius 2 is 1.85 bits per heavy atom. The van der Waals surface area contributed by atoms with Crippen LogP contribution in [0.1, 0.15) is 11.3 Å². The summed E-state index contributed by atoms with van der Waals surface area (Å²) >= 11 is 0. The molecule has 5 nitrogen and oxygen atoms in total. The molecule has 0 amide bonds. The van der Waals surface area contributed by atoms with Gasteiger partial charge in [-0.3, -0.25) is 14.9 Å². The van der Waals surface area contributed by atoms with Crippen molar-refractivity contribution in [1.82, 2.24) is 9.78 Å². The van der Waals surface area contributed by atoms with Gasteiger partial charge in [-0.05, 0) is 48.7 Å². The number of aliphatic imine (C=N–C) groups is 1. The van der Waals surface area contributed by atoms with Crippen molar-refractivity contribution in [1.29, 1.82) is 0 Å². The number of fused-ring (bicyclic) bond motifs is 1. The number of hydrogen-bond donors (Lipinski definition) is 2. The minimum absolute atomic E-state index is 0.143. The Morgan fingerprint density at radius 1 is 1.04 bits per heavy atom. The average Bonchev–Trinajstić information content (AvgIpc) is 2.95. The van der Waals surface area contributed by atoms with Gasteiger partial charge < -0.3 is 5.11 Å². The summed E-state index contributed by atoms with van der Waals surface area (Å²) < 4.78 is 1.51. The Kier molecular flexibility index (Phi) is 3.89. The molecule has 0 saturated carbocycles. The fraction of sp³-hybridized carbons (Fsp3) is 0.0476. The highest BCUT2D eigenvalue weighted by Crippen LogP contribution is 2.27. The Bertz CT molecular complexity index is 1170. The molecule has 4 aromatic rings. The molecule has 3 aromatic carbocycles. The molecule has 0 aliphatic carbocycles. The van der Waals surface area contributed by atoms with Crippen LogP contribution in [0.5, 0.6) is 5.75 Å². The lowest BCUT2D eigenvalue weighted by Crippen LogP contribution is -2.17. The zero-order valence-electron chi connectivity index (χ0n) is 14.2. The van der Waals surface area contributed by atoms with Gasteiger partial charge in [-0.1, -0.05) is 30.3 Å². The molecule has 5 heteroatoms. The summed E-state index contributed by atoms with van der Waals surface area (Å²) in [6.45, 7) is 1.85. The lowest BCUT2D eigenvalue weighted by molar-refractivity contribution is 0.481. The van der Waals surface area contributed by atoms with Gasteiger partial charge in [-0.25, -0.2) is 4.68 Å². The van der Waals surface area contributed by atoms with Crippen molar-refractivity contribution >= 4 is 22.7 Å². The standard InChI is InChI=1S/C21H17N3O2/c1-14-19(21(26)24(23-14)17-7-3-2-4-8-17)13-22-16-10-11-18-15(12-16)6-5-9-20(18)25/h2-13,23,25H,1H3. The van der Waals surface area contributed by atoms with Crippen molar-refractivity contribution in [3.63, 3.8) is 0 Å². The molecule has 0 aliphatic heterocycles. The SMILES string of the molecule is Cc1[nH]n(-c2ccccc2)c(=O)c1C=Nc1ccc2c(O)cccc2c1. The van der Waals surface area contributed by atoms with E-state index in [1.54, 1.807) is 18.3 Å². The lowest BCUT2D eigenvalue weighted by atomic mass is 10.1. The summed E-state index contributed by atoms with van der Waals surface area (Å²) in [5, 5.41) is 14.6. The summed E-state index contributed by atoms with van der Waals surface area (Å²) in [6, 6.07) is 20.3. The summed E-state index contributed by atoms with van der Waals surface area (Å²) in [6.07, 6.45) is 1.58. The summed E-state index contributed by atoms with van der Waals surface area (Å²) in [4.78, 5) is 17.1. The van der Waals surface area contributed by atoms with Gasteiger partial charge >= 0.3 is 0 Å². The summed E-state index contributed by atoms with van der Waals surface area (Å²) in [7, 11) is 0. The van der Waals surface area contributed by atoms with Crippen LogP contribution < -0.4 is 5.56 Å². The summed E-state index contributed by atoms with van der Waals surface area (Å²) in [5.41, 5.74) is 2.62. The third-order valence-electron chi connectivity index (χ3n) is 4.32. The van der Waals surface area contributed by atoms with Gasteiger partial charge in [0, 0.05) is 17.3 Å². The minimum Gasteiger partial charge on any atom is -0.507 e. The molecule has 26 heavy (non-hydrogen) atoms. The van der Waals surface area contributed by atoms with Crippen LogP contribution in [0.25, 0.3) is 16.5 Å². The van der Waals surface area contributed by atoms with Crippen molar-refractivity contribution in [2.75, 3.05) is 0 Å². The number of aromatic nitrogens is 2. The van der Waals surface area contributed by atoms with Crippen LogP contribution >= 0.6 is 0 Å². The molecular formula is C21H17N3O2. The number of hydrogen-bond acceptors (Lipinski definition) is 3. The van der Waals surface area contributed by atoms with Crippen LogP contribution in [0.4, 0.5) is 5.69 Å². The van der Waals surface area contributed by atoms with Crippen molar-refractivity contribution in [2.45, 2.75) is 6.92 Å². The van der Waals surface area contributed by atoms with Crippen molar-refractivity contribution in [3.05, 3.63) is 88.3 Å². The second-order valence-corrected chi connectivity index (χ2v) is 6.07. The van der Waals surface area contributed by atoms with Crippen LogP contribution in [0, 0.1) is 6.92 Å². The predicted molar refractivity (Wildman–Crippen MR) is 104 cm³/mol. The van der Waals surface area contributed by atoms with Crippen molar-refractivity contribution < 1.29 is 5.11 Å². The molecule has 0 aliphatic rings. The quantitative estimate of drug-likeness (QED) is 0.550. The zero-order valence-corrected chi connectivity index (χ0v) is 14.2. The number of phenols is 1. The number of phenolic OH excluding ortho intramolecular Hbond substituents is 1. The van der Waals surface area contributed by atoms with Gasteiger partial charge in [0.05, 0.1) is 16.9 Å². The van der Waals surface area contributed by atoms with Gasteiger partial charge in [0.1, 0.15) is 5.75 Å². The second kappa shape index (κ2) is 6.37. The highest BCUT2D eigenvalue weighted by atomic mass is 16.3. The molecule has 0 radical (unpaired) electrons. The third-order valence-corrected chi connectivity index (χ3v) is 4.32. The summed E-state index contributed by atoms with van der Waals surface area (Å²) in [5.74, 6) is 0.241. The van der Waals surface area contributed by atoms with Crippen molar-refractivity contribution in [3.8, 4) is 11.4 Å². The first-order valence-corrected chi connectivity index (χ1v) is 8.26. The highest BCUT2D eigenvalue weighted by Gasteiger charge is 2.10. The fourth-order valence-electron chi connectivity index (χ4n) is 2.94. The number of H-pyrrole nitrogens is 1. The Labute approximate surface area is 149 Å². The first-order chi connectivity index (χ1) is 12.6. The van der Waals surface area contributed by atoms with Gasteiger partial charge in [0.2, 0.25) is 0 Å². The normalized spacial score (nSPS) is 11.4. The fourth-order valence-corrected chi connectivity index (χ4v) is 2.94. The van der Waals surface area contributed by atoms with Gasteiger partial charge in [0.25, 0.3) is 5.56 Å². The van der Waals surface area contributed by atoms with E-state index in [2.05, 4.69) is 10.1 Å². The Hall–Kier alpha value is -3.60. The molecular weight excluding hydrogens is 326 g/mol. The van der Waals surface area contributed by atoms with E-state index in [-0.39, 0.29) is 11.3 Å². The topological polar surface area (TPSA) is 70.4 Å².